The Morgan fingerprint density at radius 3 is 2.78 bits per heavy atom. The molecule has 0 bridgehead atoms. The predicted molar refractivity (Wildman–Crippen MR) is 105 cm³/mol. The van der Waals surface area contributed by atoms with Crippen LogP contribution < -0.4 is 15.6 Å². The number of rotatable bonds is 7. The third-order valence-electron chi connectivity index (χ3n) is 4.62. The molecule has 2 aromatic carbocycles. The van der Waals surface area contributed by atoms with Crippen molar-refractivity contribution >= 4 is 10.9 Å². The van der Waals surface area contributed by atoms with E-state index in [4.69, 9.17) is 4.74 Å². The Kier molecular flexibility index (Phi) is 5.78. The molecule has 0 radical (unpaired) electrons. The van der Waals surface area contributed by atoms with Crippen LogP contribution in [0.15, 0.2) is 47.3 Å². The van der Waals surface area contributed by atoms with Crippen LogP contribution in [-0.4, -0.2) is 35.4 Å². The lowest BCUT2D eigenvalue weighted by Crippen LogP contribution is -2.24. The summed E-state index contributed by atoms with van der Waals surface area (Å²) in [7, 11) is 1.66. The van der Waals surface area contributed by atoms with Crippen molar-refractivity contribution in [3.05, 3.63) is 69.5 Å². The molecule has 3 aromatic rings. The van der Waals surface area contributed by atoms with Crippen LogP contribution >= 0.6 is 0 Å². The van der Waals surface area contributed by atoms with E-state index in [1.165, 1.54) is 12.1 Å². The van der Waals surface area contributed by atoms with E-state index >= 15 is 0 Å². The van der Waals surface area contributed by atoms with Crippen molar-refractivity contribution in [2.24, 2.45) is 0 Å². The second kappa shape index (κ2) is 8.24. The van der Waals surface area contributed by atoms with E-state index in [0.717, 1.165) is 23.3 Å². The van der Waals surface area contributed by atoms with Crippen LogP contribution in [0.4, 0.5) is 0 Å². The number of fused-ring (bicyclic) bond motifs is 1. The smallest absolute Gasteiger partial charge is 0.248 e. The Morgan fingerprint density at radius 1 is 1.19 bits per heavy atom. The molecule has 0 saturated carbocycles. The number of phenolic OH excluding ortho intramolecular Hbond substituents is 1. The number of hydrogen-bond donors (Lipinski definition) is 4. The zero-order valence-electron chi connectivity index (χ0n) is 15.5. The summed E-state index contributed by atoms with van der Waals surface area (Å²) in [5.41, 5.74) is 2.95. The Labute approximate surface area is 157 Å². The highest BCUT2D eigenvalue weighted by atomic mass is 16.5. The highest BCUT2D eigenvalue weighted by Crippen LogP contribution is 2.28. The van der Waals surface area contributed by atoms with Gasteiger partial charge in [-0.15, -0.1) is 0 Å². The largest absolute Gasteiger partial charge is 0.506 e. The fraction of sp³-hybridized carbons (Fsp3) is 0.286. The van der Waals surface area contributed by atoms with Crippen molar-refractivity contribution in [3.8, 4) is 11.5 Å². The Bertz CT molecular complexity index is 997. The molecule has 0 aliphatic heterocycles. The molecule has 0 amide bonds. The van der Waals surface area contributed by atoms with Crippen molar-refractivity contribution in [2.75, 3.05) is 20.2 Å². The van der Waals surface area contributed by atoms with Gasteiger partial charge in [0.05, 0.1) is 18.7 Å². The normalized spacial score (nSPS) is 12.3. The van der Waals surface area contributed by atoms with Crippen LogP contribution in [-0.2, 0) is 6.42 Å². The molecular weight excluding hydrogens is 344 g/mol. The second-order valence-corrected chi connectivity index (χ2v) is 6.57. The van der Waals surface area contributed by atoms with Crippen molar-refractivity contribution in [1.29, 1.82) is 0 Å². The fourth-order valence-electron chi connectivity index (χ4n) is 3.18. The summed E-state index contributed by atoms with van der Waals surface area (Å²) in [4.78, 5) is 14.1. The van der Waals surface area contributed by atoms with E-state index in [1.54, 1.807) is 19.2 Å². The predicted octanol–water partition coefficient (Wildman–Crippen LogP) is 2.42. The van der Waals surface area contributed by atoms with Gasteiger partial charge >= 0.3 is 0 Å². The van der Waals surface area contributed by atoms with Crippen molar-refractivity contribution < 1.29 is 14.9 Å². The van der Waals surface area contributed by atoms with Gasteiger partial charge in [-0.3, -0.25) is 4.79 Å². The molecule has 3 rings (SSSR count). The molecule has 4 N–H and O–H groups in total. The summed E-state index contributed by atoms with van der Waals surface area (Å²) in [6, 6.07) is 12.3. The number of pyridine rings is 1. The molecule has 142 valence electrons. The monoisotopic (exact) mass is 368 g/mol. The first-order valence-corrected chi connectivity index (χ1v) is 8.87. The van der Waals surface area contributed by atoms with E-state index in [9.17, 15) is 15.0 Å². The lowest BCUT2D eigenvalue weighted by atomic mass is 10.0. The number of aromatic hydroxyl groups is 1. The maximum absolute atomic E-state index is 11.5. The van der Waals surface area contributed by atoms with E-state index in [-0.39, 0.29) is 11.3 Å². The number of methoxy groups -OCH3 is 1. The number of aliphatic hydroxyl groups is 1. The third kappa shape index (κ3) is 4.30. The van der Waals surface area contributed by atoms with Crippen LogP contribution in [0, 0.1) is 6.92 Å². The average Bonchev–Trinajstić information content (AvgIpc) is 2.66. The number of hydrogen-bond acceptors (Lipinski definition) is 5. The van der Waals surface area contributed by atoms with Gasteiger partial charge in [-0.05, 0) is 54.8 Å². The standard InChI is InChI=1S/C21H24N2O4/c1-13-3-4-14(19(11-13)27-2)9-10-22-12-18(25)15-5-7-17(24)21-16(15)6-8-20(26)23-21/h3-8,11,18,22,24-25H,9-10,12H2,1-2H3,(H,23,26)/t18-/m0/s1. The third-order valence-corrected chi connectivity index (χ3v) is 4.62. The molecule has 27 heavy (non-hydrogen) atoms. The molecule has 0 aliphatic rings. The summed E-state index contributed by atoms with van der Waals surface area (Å²) in [6.45, 7) is 3.06. The minimum atomic E-state index is -0.765. The lowest BCUT2D eigenvalue weighted by Gasteiger charge is -2.16. The Hall–Kier alpha value is -2.83. The number of benzene rings is 2. The molecule has 6 heteroatoms. The second-order valence-electron chi connectivity index (χ2n) is 6.57. The van der Waals surface area contributed by atoms with Gasteiger partial charge in [0.1, 0.15) is 11.5 Å². The number of phenols is 1. The van der Waals surface area contributed by atoms with Gasteiger partial charge in [-0.2, -0.15) is 0 Å². The van der Waals surface area contributed by atoms with Crippen molar-refractivity contribution in [3.63, 3.8) is 0 Å². The summed E-state index contributed by atoms with van der Waals surface area (Å²) >= 11 is 0. The SMILES string of the molecule is COc1cc(C)ccc1CCNC[C@H](O)c1ccc(O)c2[nH]c(=O)ccc12. The van der Waals surface area contributed by atoms with Crippen LogP contribution in [0.3, 0.4) is 0 Å². The lowest BCUT2D eigenvalue weighted by molar-refractivity contribution is 0.176. The molecule has 0 unspecified atom stereocenters. The number of H-pyrrole nitrogens is 1. The van der Waals surface area contributed by atoms with Gasteiger partial charge in [0.2, 0.25) is 5.56 Å². The first-order valence-electron chi connectivity index (χ1n) is 8.87. The average molecular weight is 368 g/mol. The van der Waals surface area contributed by atoms with Gasteiger partial charge in [0.25, 0.3) is 0 Å². The molecule has 1 aromatic heterocycles. The van der Waals surface area contributed by atoms with E-state index < -0.39 is 6.10 Å². The summed E-state index contributed by atoms with van der Waals surface area (Å²) in [5.74, 6) is 0.851. The van der Waals surface area contributed by atoms with Crippen molar-refractivity contribution in [2.45, 2.75) is 19.4 Å². The Morgan fingerprint density at radius 2 is 2.00 bits per heavy atom. The van der Waals surface area contributed by atoms with Gasteiger partial charge < -0.3 is 25.3 Å². The number of aromatic nitrogens is 1. The molecule has 0 spiro atoms. The fourth-order valence-corrected chi connectivity index (χ4v) is 3.18. The van der Waals surface area contributed by atoms with Gasteiger partial charge in [-0.1, -0.05) is 18.2 Å². The number of aliphatic hydroxyl groups excluding tert-OH is 1. The maximum Gasteiger partial charge on any atom is 0.248 e. The molecule has 0 fully saturated rings. The first kappa shape index (κ1) is 18.9. The summed E-state index contributed by atoms with van der Waals surface area (Å²) in [6.07, 6.45) is 0.0127. The van der Waals surface area contributed by atoms with E-state index in [0.29, 0.717) is 29.6 Å². The highest BCUT2D eigenvalue weighted by molar-refractivity contribution is 5.87. The summed E-state index contributed by atoms with van der Waals surface area (Å²) < 4.78 is 5.41. The zero-order valence-corrected chi connectivity index (χ0v) is 15.5. The van der Waals surface area contributed by atoms with E-state index in [1.807, 2.05) is 13.0 Å². The number of nitrogens with one attached hydrogen (secondary N) is 2. The Balaban J connectivity index is 1.65. The number of aryl methyl sites for hydroxylation is 1. The molecule has 1 heterocycles. The topological polar surface area (TPSA) is 94.6 Å². The van der Waals surface area contributed by atoms with Crippen LogP contribution in [0.5, 0.6) is 11.5 Å². The molecule has 1 atom stereocenters. The van der Waals surface area contributed by atoms with Gasteiger partial charge in [-0.25, -0.2) is 0 Å². The minimum Gasteiger partial charge on any atom is -0.506 e. The molecule has 0 aliphatic carbocycles. The zero-order chi connectivity index (χ0) is 19.4. The molecular formula is C21H24N2O4. The maximum atomic E-state index is 11.5. The van der Waals surface area contributed by atoms with Crippen molar-refractivity contribution in [1.82, 2.24) is 10.3 Å². The van der Waals surface area contributed by atoms with Gasteiger partial charge in [0.15, 0.2) is 0 Å². The first-order chi connectivity index (χ1) is 13.0. The number of ether oxygens (including phenoxy) is 1. The highest BCUT2D eigenvalue weighted by Gasteiger charge is 2.14. The molecule has 0 saturated heterocycles. The summed E-state index contributed by atoms with van der Waals surface area (Å²) in [5, 5.41) is 24.4. The quantitative estimate of drug-likeness (QED) is 0.481. The van der Waals surface area contributed by atoms with Crippen LogP contribution in [0.25, 0.3) is 10.9 Å². The number of aromatic amines is 1. The molecule has 6 nitrogen and oxygen atoms in total. The van der Waals surface area contributed by atoms with Crippen LogP contribution in [0.2, 0.25) is 0 Å². The van der Waals surface area contributed by atoms with Gasteiger partial charge in [0, 0.05) is 18.0 Å². The van der Waals surface area contributed by atoms with E-state index in [2.05, 4.69) is 22.4 Å². The minimum absolute atomic E-state index is 0.0157. The van der Waals surface area contributed by atoms with Crippen LogP contribution in [0.1, 0.15) is 22.8 Å².